The fourth-order valence-corrected chi connectivity index (χ4v) is 5.00. The number of ketones is 1. The highest BCUT2D eigenvalue weighted by molar-refractivity contribution is 9.10. The first-order valence-corrected chi connectivity index (χ1v) is 9.81. The standard InChI is InChI=1S/C15H14BrNO2S2/c1-20-14-9(5-6-11(16)15(14)21-2)13(18)10-7-19-17-12(10)8-3-4-8/h5-8H,3-4H2,1-2H3. The molecule has 0 N–H and O–H groups in total. The van der Waals surface area contributed by atoms with Crippen molar-refractivity contribution < 1.29 is 9.32 Å². The average Bonchev–Trinajstić information content (AvgIpc) is 3.23. The van der Waals surface area contributed by atoms with Gasteiger partial charge in [0.15, 0.2) is 5.78 Å². The minimum Gasteiger partial charge on any atom is -0.364 e. The fourth-order valence-electron chi connectivity index (χ4n) is 2.32. The molecular weight excluding hydrogens is 370 g/mol. The summed E-state index contributed by atoms with van der Waals surface area (Å²) >= 11 is 6.78. The summed E-state index contributed by atoms with van der Waals surface area (Å²) in [6.07, 6.45) is 7.69. The van der Waals surface area contributed by atoms with Crippen molar-refractivity contribution in [3.05, 3.63) is 39.7 Å². The Bertz CT molecular complexity index is 695. The molecule has 110 valence electrons. The van der Waals surface area contributed by atoms with E-state index in [1.54, 1.807) is 23.5 Å². The van der Waals surface area contributed by atoms with Crippen molar-refractivity contribution in [2.75, 3.05) is 12.5 Å². The van der Waals surface area contributed by atoms with Gasteiger partial charge in [-0.05, 0) is 53.4 Å². The number of carbonyl (C=O) groups is 1. The summed E-state index contributed by atoms with van der Waals surface area (Å²) in [4.78, 5) is 15.0. The van der Waals surface area contributed by atoms with Gasteiger partial charge in [-0.1, -0.05) is 5.16 Å². The van der Waals surface area contributed by atoms with E-state index in [4.69, 9.17) is 4.52 Å². The smallest absolute Gasteiger partial charge is 0.199 e. The molecule has 1 aliphatic carbocycles. The first-order valence-electron chi connectivity index (χ1n) is 6.56. The summed E-state index contributed by atoms with van der Waals surface area (Å²) in [5, 5.41) is 4.02. The van der Waals surface area contributed by atoms with Gasteiger partial charge in [-0.3, -0.25) is 4.79 Å². The SMILES string of the molecule is CSc1c(Br)ccc(C(=O)c2conc2C2CC2)c1SC. The van der Waals surface area contributed by atoms with Crippen LogP contribution in [-0.4, -0.2) is 23.5 Å². The van der Waals surface area contributed by atoms with Crippen molar-refractivity contribution >= 4 is 45.2 Å². The Morgan fingerprint density at radius 1 is 1.24 bits per heavy atom. The maximum Gasteiger partial charge on any atom is 0.199 e. The van der Waals surface area contributed by atoms with Gasteiger partial charge in [0.1, 0.15) is 6.26 Å². The van der Waals surface area contributed by atoms with Crippen LogP contribution in [0.15, 0.2) is 37.2 Å². The van der Waals surface area contributed by atoms with Crippen molar-refractivity contribution in [2.45, 2.75) is 28.6 Å². The van der Waals surface area contributed by atoms with Crippen LogP contribution < -0.4 is 0 Å². The molecule has 0 bridgehead atoms. The summed E-state index contributed by atoms with van der Waals surface area (Å²) in [6.45, 7) is 0. The largest absolute Gasteiger partial charge is 0.364 e. The van der Waals surface area contributed by atoms with Crippen LogP contribution in [-0.2, 0) is 0 Å². The molecule has 0 spiro atoms. The lowest BCUT2D eigenvalue weighted by atomic mass is 10.0. The molecule has 1 fully saturated rings. The summed E-state index contributed by atoms with van der Waals surface area (Å²) in [5.41, 5.74) is 2.16. The van der Waals surface area contributed by atoms with Crippen molar-refractivity contribution in [1.82, 2.24) is 5.16 Å². The lowest BCUT2D eigenvalue weighted by Gasteiger charge is -2.12. The van der Waals surface area contributed by atoms with Crippen LogP contribution in [0.5, 0.6) is 0 Å². The Kier molecular flexibility index (Phi) is 4.47. The highest BCUT2D eigenvalue weighted by atomic mass is 79.9. The van der Waals surface area contributed by atoms with Crippen molar-refractivity contribution in [3.63, 3.8) is 0 Å². The predicted octanol–water partition coefficient (Wildman–Crippen LogP) is 4.99. The van der Waals surface area contributed by atoms with Gasteiger partial charge in [-0.2, -0.15) is 0 Å². The Hall–Kier alpha value is -0.720. The van der Waals surface area contributed by atoms with Gasteiger partial charge in [0.05, 0.1) is 11.3 Å². The number of aromatic nitrogens is 1. The maximum absolute atomic E-state index is 12.9. The lowest BCUT2D eigenvalue weighted by molar-refractivity contribution is 0.103. The molecule has 1 saturated carbocycles. The molecule has 2 aromatic rings. The maximum atomic E-state index is 12.9. The molecule has 0 aliphatic heterocycles. The number of carbonyl (C=O) groups excluding carboxylic acids is 1. The van der Waals surface area contributed by atoms with Gasteiger partial charge in [0, 0.05) is 25.7 Å². The second-order valence-corrected chi connectivity index (χ2v) is 7.37. The molecule has 0 amide bonds. The number of hydrogen-bond acceptors (Lipinski definition) is 5. The first kappa shape index (κ1) is 15.2. The highest BCUT2D eigenvalue weighted by Crippen LogP contribution is 2.42. The second-order valence-electron chi connectivity index (χ2n) is 4.88. The Balaban J connectivity index is 2.07. The van der Waals surface area contributed by atoms with E-state index in [9.17, 15) is 4.79 Å². The molecule has 1 aromatic heterocycles. The average molecular weight is 384 g/mol. The Morgan fingerprint density at radius 3 is 2.57 bits per heavy atom. The van der Waals surface area contributed by atoms with Crippen LogP contribution in [0.25, 0.3) is 0 Å². The molecule has 0 radical (unpaired) electrons. The monoisotopic (exact) mass is 383 g/mol. The van der Waals surface area contributed by atoms with Crippen molar-refractivity contribution in [3.8, 4) is 0 Å². The Labute approximate surface area is 140 Å². The molecule has 1 aliphatic rings. The van der Waals surface area contributed by atoms with Crippen LogP contribution in [0.3, 0.4) is 0 Å². The van der Waals surface area contributed by atoms with Gasteiger partial charge >= 0.3 is 0 Å². The molecule has 0 saturated heterocycles. The minimum atomic E-state index is 0.00491. The van der Waals surface area contributed by atoms with E-state index in [2.05, 4.69) is 21.1 Å². The number of rotatable bonds is 5. The first-order chi connectivity index (χ1) is 10.2. The highest BCUT2D eigenvalue weighted by Gasteiger charge is 2.32. The van der Waals surface area contributed by atoms with E-state index < -0.39 is 0 Å². The van der Waals surface area contributed by atoms with Gasteiger partial charge in [0.2, 0.25) is 0 Å². The number of benzene rings is 1. The zero-order chi connectivity index (χ0) is 15.0. The van der Waals surface area contributed by atoms with E-state index in [1.807, 2.05) is 24.6 Å². The molecule has 21 heavy (non-hydrogen) atoms. The van der Waals surface area contributed by atoms with Crippen LogP contribution in [0, 0.1) is 0 Å². The van der Waals surface area contributed by atoms with E-state index in [0.717, 1.165) is 38.4 Å². The topological polar surface area (TPSA) is 43.1 Å². The molecule has 0 unspecified atom stereocenters. The zero-order valence-corrected chi connectivity index (χ0v) is 14.9. The van der Waals surface area contributed by atoms with Gasteiger partial charge < -0.3 is 4.52 Å². The number of nitrogens with zero attached hydrogens (tertiary/aromatic N) is 1. The molecule has 3 rings (SSSR count). The van der Waals surface area contributed by atoms with E-state index in [0.29, 0.717) is 11.5 Å². The Morgan fingerprint density at radius 2 is 1.95 bits per heavy atom. The molecule has 0 atom stereocenters. The van der Waals surface area contributed by atoms with Gasteiger partial charge in [-0.25, -0.2) is 0 Å². The number of thioether (sulfide) groups is 2. The number of halogens is 1. The zero-order valence-electron chi connectivity index (χ0n) is 11.7. The minimum absolute atomic E-state index is 0.00491. The van der Waals surface area contributed by atoms with Crippen LogP contribution in [0.1, 0.15) is 40.4 Å². The van der Waals surface area contributed by atoms with E-state index in [-0.39, 0.29) is 5.78 Å². The third-order valence-electron chi connectivity index (χ3n) is 3.52. The van der Waals surface area contributed by atoms with Crippen LogP contribution in [0.4, 0.5) is 0 Å². The molecule has 6 heteroatoms. The summed E-state index contributed by atoms with van der Waals surface area (Å²) in [5.74, 6) is 0.404. The van der Waals surface area contributed by atoms with Crippen LogP contribution in [0.2, 0.25) is 0 Å². The summed E-state index contributed by atoms with van der Waals surface area (Å²) in [6, 6.07) is 3.81. The second kappa shape index (κ2) is 6.18. The third kappa shape index (κ3) is 2.81. The van der Waals surface area contributed by atoms with Crippen molar-refractivity contribution in [1.29, 1.82) is 0 Å². The molecule has 3 nitrogen and oxygen atoms in total. The van der Waals surface area contributed by atoms with E-state index in [1.165, 1.54) is 6.26 Å². The summed E-state index contributed by atoms with van der Waals surface area (Å²) in [7, 11) is 0. The van der Waals surface area contributed by atoms with Crippen LogP contribution >= 0.6 is 39.5 Å². The van der Waals surface area contributed by atoms with Crippen molar-refractivity contribution in [2.24, 2.45) is 0 Å². The molecule has 1 heterocycles. The van der Waals surface area contributed by atoms with E-state index >= 15 is 0 Å². The third-order valence-corrected chi connectivity index (χ3v) is 6.24. The summed E-state index contributed by atoms with van der Waals surface area (Å²) < 4.78 is 6.07. The normalized spacial score (nSPS) is 14.4. The fraction of sp³-hybridized carbons (Fsp3) is 0.333. The quantitative estimate of drug-likeness (QED) is 0.537. The molecular formula is C15H14BrNO2S2. The molecule has 1 aromatic carbocycles. The van der Waals surface area contributed by atoms with Gasteiger partial charge in [-0.15, -0.1) is 23.5 Å². The predicted molar refractivity (Wildman–Crippen MR) is 89.6 cm³/mol. The lowest BCUT2D eigenvalue weighted by Crippen LogP contribution is -2.06. The number of hydrogen-bond donors (Lipinski definition) is 0. The van der Waals surface area contributed by atoms with Gasteiger partial charge in [0.25, 0.3) is 0 Å².